The maximum absolute atomic E-state index is 10.3. The Labute approximate surface area is 71.8 Å². The van der Waals surface area contributed by atoms with Crippen molar-refractivity contribution < 1.29 is 19.1 Å². The number of hydrogen-bond acceptors (Lipinski definition) is 4. The van der Waals surface area contributed by atoms with E-state index in [1.807, 2.05) is 0 Å². The van der Waals surface area contributed by atoms with Gasteiger partial charge in [-0.3, -0.25) is 9.59 Å². The lowest BCUT2D eigenvalue weighted by Crippen LogP contribution is -2.09. The first-order valence-electron chi connectivity index (χ1n) is 3.89. The van der Waals surface area contributed by atoms with Crippen LogP contribution in [0.3, 0.4) is 0 Å². The van der Waals surface area contributed by atoms with Gasteiger partial charge < -0.3 is 9.47 Å². The Morgan fingerprint density at radius 2 is 2.25 bits per heavy atom. The molecule has 0 rings (SSSR count). The maximum Gasteiger partial charge on any atom is 0.302 e. The Balaban J connectivity index is 3.18. The second kappa shape index (κ2) is 6.64. The summed E-state index contributed by atoms with van der Waals surface area (Å²) < 4.78 is 9.32. The molecule has 0 N–H and O–H groups in total. The molecule has 0 saturated heterocycles. The molecule has 0 aromatic carbocycles. The summed E-state index contributed by atoms with van der Waals surface area (Å²) in [7, 11) is 0. The molecule has 0 spiro atoms. The molecule has 0 heterocycles. The lowest BCUT2D eigenvalue weighted by molar-refractivity contribution is -0.142. The Hall–Kier alpha value is -1.06. The zero-order valence-electron chi connectivity index (χ0n) is 7.41. The fraction of sp³-hybridized carbons (Fsp3) is 0.750. The van der Waals surface area contributed by atoms with Crippen molar-refractivity contribution in [1.29, 1.82) is 0 Å². The molecule has 0 radical (unpaired) electrons. The van der Waals surface area contributed by atoms with Crippen molar-refractivity contribution in [3.8, 4) is 0 Å². The van der Waals surface area contributed by atoms with Gasteiger partial charge >= 0.3 is 5.97 Å². The minimum atomic E-state index is -0.279. The molecule has 0 fully saturated rings. The van der Waals surface area contributed by atoms with Gasteiger partial charge in [0, 0.05) is 6.92 Å². The lowest BCUT2D eigenvalue weighted by Gasteiger charge is -2.08. The van der Waals surface area contributed by atoms with Crippen molar-refractivity contribution in [2.75, 3.05) is 6.61 Å². The molecule has 12 heavy (non-hydrogen) atoms. The normalized spacial score (nSPS) is 11.8. The van der Waals surface area contributed by atoms with Crippen LogP contribution in [0.4, 0.5) is 0 Å². The van der Waals surface area contributed by atoms with Gasteiger partial charge in [-0.15, -0.1) is 0 Å². The van der Waals surface area contributed by atoms with Crippen LogP contribution in [0.15, 0.2) is 0 Å². The van der Waals surface area contributed by atoms with Crippen LogP contribution in [0.25, 0.3) is 0 Å². The van der Waals surface area contributed by atoms with Crippen molar-refractivity contribution >= 4 is 12.4 Å². The van der Waals surface area contributed by atoms with Crippen molar-refractivity contribution in [3.05, 3.63) is 0 Å². The Morgan fingerprint density at radius 1 is 1.58 bits per heavy atom. The monoisotopic (exact) mass is 174 g/mol. The molecular weight excluding hydrogens is 160 g/mol. The minimum Gasteiger partial charge on any atom is -0.466 e. The summed E-state index contributed by atoms with van der Waals surface area (Å²) in [4.78, 5) is 20.2. The highest BCUT2D eigenvalue weighted by Crippen LogP contribution is 1.99. The number of esters is 1. The van der Waals surface area contributed by atoms with Crippen molar-refractivity contribution in [3.63, 3.8) is 0 Å². The highest BCUT2D eigenvalue weighted by Gasteiger charge is 2.01. The third-order valence-corrected chi connectivity index (χ3v) is 1.35. The lowest BCUT2D eigenvalue weighted by atomic mass is 10.2. The van der Waals surface area contributed by atoms with Crippen LogP contribution in [0, 0.1) is 0 Å². The molecule has 0 bridgehead atoms. The average molecular weight is 174 g/mol. The Morgan fingerprint density at radius 3 is 2.75 bits per heavy atom. The fourth-order valence-electron chi connectivity index (χ4n) is 0.750. The molecule has 4 heteroatoms. The summed E-state index contributed by atoms with van der Waals surface area (Å²) in [6.45, 7) is 3.98. The van der Waals surface area contributed by atoms with E-state index in [9.17, 15) is 9.59 Å². The fourth-order valence-corrected chi connectivity index (χ4v) is 0.750. The van der Waals surface area contributed by atoms with E-state index in [0.717, 1.165) is 0 Å². The van der Waals surface area contributed by atoms with Crippen LogP contribution in [0.5, 0.6) is 0 Å². The van der Waals surface area contributed by atoms with E-state index in [0.29, 0.717) is 25.9 Å². The van der Waals surface area contributed by atoms with E-state index in [4.69, 9.17) is 0 Å². The third-order valence-electron chi connectivity index (χ3n) is 1.35. The molecule has 4 nitrogen and oxygen atoms in total. The van der Waals surface area contributed by atoms with Crippen molar-refractivity contribution in [2.45, 2.75) is 32.8 Å². The van der Waals surface area contributed by atoms with Crippen molar-refractivity contribution in [2.24, 2.45) is 0 Å². The predicted octanol–water partition coefficient (Wildman–Crippen LogP) is 0.891. The highest BCUT2D eigenvalue weighted by molar-refractivity contribution is 5.65. The highest BCUT2D eigenvalue weighted by atomic mass is 16.5. The molecular formula is C8H14O4. The van der Waals surface area contributed by atoms with Gasteiger partial charge in [0.1, 0.15) is 0 Å². The molecule has 70 valence electrons. The van der Waals surface area contributed by atoms with E-state index < -0.39 is 0 Å². The standard InChI is InChI=1S/C8H14O4/c1-7(12-6-9)4-3-5-11-8(2)10/h6-7H,3-5H2,1-2H3. The largest absolute Gasteiger partial charge is 0.466 e. The van der Waals surface area contributed by atoms with Gasteiger partial charge in [0.05, 0.1) is 12.7 Å². The summed E-state index contributed by atoms with van der Waals surface area (Å²) in [5, 5.41) is 0. The number of carbonyl (C=O) groups excluding carboxylic acids is 2. The first-order valence-corrected chi connectivity index (χ1v) is 3.89. The first-order chi connectivity index (χ1) is 5.66. The van der Waals surface area contributed by atoms with Gasteiger partial charge in [-0.2, -0.15) is 0 Å². The molecule has 0 aromatic heterocycles. The van der Waals surface area contributed by atoms with Crippen molar-refractivity contribution in [1.82, 2.24) is 0 Å². The molecule has 0 aliphatic rings. The summed E-state index contributed by atoms with van der Waals surface area (Å²) >= 11 is 0. The zero-order chi connectivity index (χ0) is 9.40. The summed E-state index contributed by atoms with van der Waals surface area (Å²) in [5.74, 6) is -0.279. The molecule has 0 aromatic rings. The topological polar surface area (TPSA) is 52.6 Å². The zero-order valence-corrected chi connectivity index (χ0v) is 7.41. The molecule has 1 unspecified atom stereocenters. The minimum absolute atomic E-state index is 0.0990. The van der Waals surface area contributed by atoms with E-state index in [1.165, 1.54) is 6.92 Å². The number of carbonyl (C=O) groups is 2. The number of rotatable bonds is 6. The van der Waals surface area contributed by atoms with Crippen LogP contribution < -0.4 is 0 Å². The van der Waals surface area contributed by atoms with Crippen LogP contribution in [0.1, 0.15) is 26.7 Å². The van der Waals surface area contributed by atoms with E-state index in [-0.39, 0.29) is 12.1 Å². The molecule has 0 saturated carbocycles. The molecule has 1 atom stereocenters. The Bertz CT molecular complexity index is 144. The summed E-state index contributed by atoms with van der Waals surface area (Å²) in [5.41, 5.74) is 0. The van der Waals surface area contributed by atoms with Gasteiger partial charge in [0.2, 0.25) is 0 Å². The van der Waals surface area contributed by atoms with Gasteiger partial charge in [0.15, 0.2) is 0 Å². The number of hydrogen-bond donors (Lipinski definition) is 0. The second-order valence-electron chi connectivity index (χ2n) is 2.53. The third kappa shape index (κ3) is 7.05. The second-order valence-corrected chi connectivity index (χ2v) is 2.53. The SMILES string of the molecule is CC(=O)OCCCC(C)OC=O. The van der Waals surface area contributed by atoms with Crippen LogP contribution in [-0.2, 0) is 19.1 Å². The van der Waals surface area contributed by atoms with Crippen LogP contribution >= 0.6 is 0 Å². The quantitative estimate of drug-likeness (QED) is 0.341. The molecule has 0 aliphatic heterocycles. The first kappa shape index (κ1) is 10.9. The smallest absolute Gasteiger partial charge is 0.302 e. The van der Waals surface area contributed by atoms with E-state index in [1.54, 1.807) is 6.92 Å². The van der Waals surface area contributed by atoms with Gasteiger partial charge in [-0.1, -0.05) is 0 Å². The number of ether oxygens (including phenoxy) is 2. The van der Waals surface area contributed by atoms with E-state index >= 15 is 0 Å². The Kier molecular flexibility index (Phi) is 6.05. The van der Waals surface area contributed by atoms with Crippen LogP contribution in [0.2, 0.25) is 0 Å². The van der Waals surface area contributed by atoms with Gasteiger partial charge in [-0.05, 0) is 19.8 Å². The van der Waals surface area contributed by atoms with Gasteiger partial charge in [-0.25, -0.2) is 0 Å². The molecule has 0 amide bonds. The van der Waals surface area contributed by atoms with Crippen LogP contribution in [-0.4, -0.2) is 25.2 Å². The summed E-state index contributed by atoms with van der Waals surface area (Å²) in [6.07, 6.45) is 1.33. The predicted molar refractivity (Wildman–Crippen MR) is 42.5 cm³/mol. The average Bonchev–Trinajstić information content (AvgIpc) is 1.98. The van der Waals surface area contributed by atoms with Gasteiger partial charge in [0.25, 0.3) is 6.47 Å². The molecule has 0 aliphatic carbocycles. The summed E-state index contributed by atoms with van der Waals surface area (Å²) in [6, 6.07) is 0. The maximum atomic E-state index is 10.3. The van der Waals surface area contributed by atoms with E-state index in [2.05, 4.69) is 9.47 Å².